The van der Waals surface area contributed by atoms with Crippen molar-refractivity contribution in [1.29, 1.82) is 0 Å². The van der Waals surface area contributed by atoms with Crippen LogP contribution in [0.2, 0.25) is 0 Å². The second-order valence-corrected chi connectivity index (χ2v) is 6.22. The molecule has 0 aromatic carbocycles. The van der Waals surface area contributed by atoms with Gasteiger partial charge in [0.25, 0.3) is 0 Å². The van der Waals surface area contributed by atoms with E-state index < -0.39 is 5.60 Å². The Kier molecular flexibility index (Phi) is 5.59. The molecule has 0 aromatic heterocycles. The van der Waals surface area contributed by atoms with Crippen LogP contribution in [0.15, 0.2) is 0 Å². The highest BCUT2D eigenvalue weighted by Gasteiger charge is 2.30. The molecule has 5 heteroatoms. The van der Waals surface area contributed by atoms with Gasteiger partial charge < -0.3 is 19.6 Å². The Morgan fingerprint density at radius 2 is 1.79 bits per heavy atom. The lowest BCUT2D eigenvalue weighted by atomic mass is 9.94. The van der Waals surface area contributed by atoms with Crippen LogP contribution < -0.4 is 0 Å². The average molecular weight is 271 g/mol. The largest absolute Gasteiger partial charge is 0.388 e. The minimum atomic E-state index is -0.533. The van der Waals surface area contributed by atoms with Crippen LogP contribution in [-0.4, -0.2) is 98.5 Å². The molecule has 2 heterocycles. The molecule has 2 rings (SSSR count). The molecule has 2 fully saturated rings. The fraction of sp³-hybridized carbons (Fsp3) is 1.00. The van der Waals surface area contributed by atoms with Gasteiger partial charge in [-0.2, -0.15) is 0 Å². The smallest absolute Gasteiger partial charge is 0.0817 e. The van der Waals surface area contributed by atoms with Crippen molar-refractivity contribution in [1.82, 2.24) is 14.7 Å². The monoisotopic (exact) mass is 271 g/mol. The maximum Gasteiger partial charge on any atom is 0.0817 e. The number of nitrogens with zero attached hydrogens (tertiary/aromatic N) is 3. The van der Waals surface area contributed by atoms with Crippen molar-refractivity contribution in [2.24, 2.45) is 0 Å². The van der Waals surface area contributed by atoms with Crippen molar-refractivity contribution in [2.45, 2.75) is 18.4 Å². The topological polar surface area (TPSA) is 39.2 Å². The number of aliphatic hydroxyl groups is 1. The predicted octanol–water partition coefficient (Wildman–Crippen LogP) is -0.293. The summed E-state index contributed by atoms with van der Waals surface area (Å²) in [6.45, 7) is 8.99. The molecule has 0 bridgehead atoms. The fourth-order valence-electron chi connectivity index (χ4n) is 2.87. The van der Waals surface area contributed by atoms with Crippen LogP contribution in [0.25, 0.3) is 0 Å². The van der Waals surface area contributed by atoms with Crippen molar-refractivity contribution in [3.8, 4) is 0 Å². The van der Waals surface area contributed by atoms with E-state index in [-0.39, 0.29) is 0 Å². The van der Waals surface area contributed by atoms with Gasteiger partial charge >= 0.3 is 0 Å². The van der Waals surface area contributed by atoms with Crippen LogP contribution in [0.1, 0.15) is 12.8 Å². The van der Waals surface area contributed by atoms with Crippen LogP contribution >= 0.6 is 0 Å². The molecule has 112 valence electrons. The van der Waals surface area contributed by atoms with E-state index >= 15 is 0 Å². The number of ether oxygens (including phenoxy) is 1. The van der Waals surface area contributed by atoms with Gasteiger partial charge in [-0.05, 0) is 14.1 Å². The first-order valence-corrected chi connectivity index (χ1v) is 7.47. The van der Waals surface area contributed by atoms with Gasteiger partial charge in [-0.3, -0.25) is 4.90 Å². The molecule has 19 heavy (non-hydrogen) atoms. The van der Waals surface area contributed by atoms with E-state index in [1.807, 2.05) is 0 Å². The Morgan fingerprint density at radius 1 is 1.16 bits per heavy atom. The first-order chi connectivity index (χ1) is 9.07. The summed E-state index contributed by atoms with van der Waals surface area (Å²) in [5.41, 5.74) is -0.533. The Morgan fingerprint density at radius 3 is 2.42 bits per heavy atom. The third-order valence-corrected chi connectivity index (χ3v) is 4.38. The maximum atomic E-state index is 10.5. The lowest BCUT2D eigenvalue weighted by Gasteiger charge is -2.37. The second kappa shape index (κ2) is 6.99. The van der Waals surface area contributed by atoms with Gasteiger partial charge in [-0.15, -0.1) is 0 Å². The van der Waals surface area contributed by atoms with Crippen LogP contribution in [0.4, 0.5) is 0 Å². The van der Waals surface area contributed by atoms with Crippen molar-refractivity contribution in [3.05, 3.63) is 0 Å². The standard InChI is InChI=1S/C14H29N3O2/c1-15-5-8-17(9-6-15)10-7-16(2)13-14(18)3-11-19-12-4-14/h18H,3-13H2,1-2H3. The molecular weight excluding hydrogens is 242 g/mol. The Hall–Kier alpha value is -0.200. The average Bonchev–Trinajstić information content (AvgIpc) is 2.38. The van der Waals surface area contributed by atoms with Gasteiger partial charge in [0, 0.05) is 71.9 Å². The fourth-order valence-corrected chi connectivity index (χ4v) is 2.87. The Bertz CT molecular complexity index is 261. The Balaban J connectivity index is 1.65. The number of likely N-dealkylation sites (N-methyl/N-ethyl adjacent to an activating group) is 2. The number of hydrogen-bond acceptors (Lipinski definition) is 5. The summed E-state index contributed by atoms with van der Waals surface area (Å²) in [7, 11) is 4.30. The van der Waals surface area contributed by atoms with E-state index in [9.17, 15) is 5.11 Å². The minimum Gasteiger partial charge on any atom is -0.388 e. The quantitative estimate of drug-likeness (QED) is 0.744. The van der Waals surface area contributed by atoms with Crippen molar-refractivity contribution in [2.75, 3.05) is 73.1 Å². The zero-order chi connectivity index (χ0) is 13.7. The zero-order valence-corrected chi connectivity index (χ0v) is 12.5. The third-order valence-electron chi connectivity index (χ3n) is 4.38. The summed E-state index contributed by atoms with van der Waals surface area (Å²) in [5.74, 6) is 0. The first-order valence-electron chi connectivity index (χ1n) is 7.47. The molecule has 0 aliphatic carbocycles. The molecule has 2 aliphatic heterocycles. The summed E-state index contributed by atoms with van der Waals surface area (Å²) in [5, 5.41) is 10.5. The van der Waals surface area contributed by atoms with Crippen molar-refractivity contribution >= 4 is 0 Å². The van der Waals surface area contributed by atoms with Crippen LogP contribution in [0.5, 0.6) is 0 Å². The second-order valence-electron chi connectivity index (χ2n) is 6.22. The number of rotatable bonds is 5. The van der Waals surface area contributed by atoms with Gasteiger partial charge in [0.1, 0.15) is 0 Å². The van der Waals surface area contributed by atoms with Gasteiger partial charge in [0.15, 0.2) is 0 Å². The van der Waals surface area contributed by atoms with Gasteiger partial charge in [0.2, 0.25) is 0 Å². The summed E-state index contributed by atoms with van der Waals surface area (Å²) < 4.78 is 5.32. The maximum absolute atomic E-state index is 10.5. The van der Waals surface area contributed by atoms with Gasteiger partial charge in [-0.1, -0.05) is 0 Å². The highest BCUT2D eigenvalue weighted by atomic mass is 16.5. The van der Waals surface area contributed by atoms with Gasteiger partial charge in [-0.25, -0.2) is 0 Å². The van der Waals surface area contributed by atoms with E-state index in [1.165, 1.54) is 26.2 Å². The number of hydrogen-bond donors (Lipinski definition) is 1. The molecule has 0 aromatic rings. The van der Waals surface area contributed by atoms with Crippen molar-refractivity contribution in [3.63, 3.8) is 0 Å². The summed E-state index contributed by atoms with van der Waals surface area (Å²) in [6.07, 6.45) is 1.54. The van der Waals surface area contributed by atoms with E-state index in [4.69, 9.17) is 4.74 Å². The third kappa shape index (κ3) is 5.00. The molecular formula is C14H29N3O2. The minimum absolute atomic E-state index is 0.533. The molecule has 1 N–H and O–H groups in total. The van der Waals surface area contributed by atoms with Crippen molar-refractivity contribution < 1.29 is 9.84 Å². The molecule has 0 saturated carbocycles. The molecule has 5 nitrogen and oxygen atoms in total. The summed E-state index contributed by atoms with van der Waals surface area (Å²) >= 11 is 0. The molecule has 2 saturated heterocycles. The summed E-state index contributed by atoms with van der Waals surface area (Å²) in [6, 6.07) is 0. The van der Waals surface area contributed by atoms with E-state index in [2.05, 4.69) is 28.8 Å². The Labute approximate surface area is 117 Å². The molecule has 0 atom stereocenters. The lowest BCUT2D eigenvalue weighted by molar-refractivity contribution is -0.0774. The van der Waals surface area contributed by atoms with Crippen LogP contribution in [0.3, 0.4) is 0 Å². The molecule has 0 amide bonds. The first kappa shape index (κ1) is 15.2. The van der Waals surface area contributed by atoms with E-state index in [0.29, 0.717) is 13.2 Å². The predicted molar refractivity (Wildman–Crippen MR) is 76.4 cm³/mol. The highest BCUT2D eigenvalue weighted by molar-refractivity contribution is 4.84. The molecule has 0 radical (unpaired) electrons. The summed E-state index contributed by atoms with van der Waals surface area (Å²) in [4.78, 5) is 7.17. The SMILES string of the molecule is CN1CCN(CCN(C)CC2(O)CCOCC2)CC1. The normalized spacial score (nSPS) is 25.9. The number of piperazine rings is 1. The highest BCUT2D eigenvalue weighted by Crippen LogP contribution is 2.21. The molecule has 0 unspecified atom stereocenters. The van der Waals surface area contributed by atoms with Crippen LogP contribution in [-0.2, 0) is 4.74 Å². The lowest BCUT2D eigenvalue weighted by Crippen LogP contribution is -2.49. The molecule has 0 spiro atoms. The molecule has 2 aliphatic rings. The van der Waals surface area contributed by atoms with Gasteiger partial charge in [0.05, 0.1) is 5.60 Å². The van der Waals surface area contributed by atoms with E-state index in [0.717, 1.165) is 32.5 Å². The van der Waals surface area contributed by atoms with Crippen LogP contribution in [0, 0.1) is 0 Å². The van der Waals surface area contributed by atoms with E-state index in [1.54, 1.807) is 0 Å². The zero-order valence-electron chi connectivity index (χ0n) is 12.5.